The van der Waals surface area contributed by atoms with Crippen LogP contribution in [0.2, 0.25) is 0 Å². The maximum absolute atomic E-state index is 12.2. The van der Waals surface area contributed by atoms with Crippen LogP contribution in [-0.2, 0) is 9.59 Å². The van der Waals surface area contributed by atoms with E-state index < -0.39 is 17.5 Å². The largest absolute Gasteiger partial charge is 0.391 e. The minimum absolute atomic E-state index is 0.180. The standard InChI is InChI=1S/C12H23N3O3S/c1-3-4-5-19-10(13)12(18)15-7-8(16)6-9(15)11(17)14-2/h8-10,16H,3-7,13H2,1-2H3,(H,14,17). The van der Waals surface area contributed by atoms with Gasteiger partial charge >= 0.3 is 0 Å². The van der Waals surface area contributed by atoms with Crippen LogP contribution in [0.1, 0.15) is 26.2 Å². The van der Waals surface area contributed by atoms with E-state index in [9.17, 15) is 14.7 Å². The molecule has 0 aromatic rings. The molecule has 4 N–H and O–H groups in total. The van der Waals surface area contributed by atoms with Crippen molar-refractivity contribution in [1.29, 1.82) is 0 Å². The second-order valence-corrected chi connectivity index (χ2v) is 5.90. The van der Waals surface area contributed by atoms with E-state index in [1.165, 1.54) is 23.7 Å². The molecule has 0 aromatic carbocycles. The van der Waals surface area contributed by atoms with Gasteiger partial charge in [0.25, 0.3) is 5.91 Å². The normalized spacial score (nSPS) is 24.3. The van der Waals surface area contributed by atoms with Crippen LogP contribution in [0.25, 0.3) is 0 Å². The summed E-state index contributed by atoms with van der Waals surface area (Å²) in [6.45, 7) is 2.26. The van der Waals surface area contributed by atoms with Crippen molar-refractivity contribution in [2.75, 3.05) is 19.3 Å². The number of aliphatic hydroxyl groups excluding tert-OH is 1. The van der Waals surface area contributed by atoms with Gasteiger partial charge in [-0.2, -0.15) is 0 Å². The third kappa shape index (κ3) is 4.36. The fourth-order valence-corrected chi connectivity index (χ4v) is 3.05. The number of thioether (sulfide) groups is 1. The minimum Gasteiger partial charge on any atom is -0.391 e. The Kier molecular flexibility index (Phi) is 6.60. The van der Waals surface area contributed by atoms with Crippen molar-refractivity contribution >= 4 is 23.6 Å². The number of hydrogen-bond acceptors (Lipinski definition) is 5. The first-order valence-electron chi connectivity index (χ1n) is 6.58. The molecule has 0 aromatic heterocycles. The van der Waals surface area contributed by atoms with E-state index in [0.717, 1.165) is 18.6 Å². The lowest BCUT2D eigenvalue weighted by Gasteiger charge is -2.25. The summed E-state index contributed by atoms with van der Waals surface area (Å²) in [7, 11) is 1.52. The van der Waals surface area contributed by atoms with Gasteiger partial charge in [-0.05, 0) is 12.2 Å². The van der Waals surface area contributed by atoms with Gasteiger partial charge in [-0.15, -0.1) is 11.8 Å². The molecule has 2 amide bonds. The van der Waals surface area contributed by atoms with Gasteiger partial charge < -0.3 is 21.1 Å². The first-order chi connectivity index (χ1) is 9.01. The average molecular weight is 289 g/mol. The second kappa shape index (κ2) is 7.72. The smallest absolute Gasteiger partial charge is 0.250 e. The monoisotopic (exact) mass is 289 g/mol. The van der Waals surface area contributed by atoms with Crippen molar-refractivity contribution < 1.29 is 14.7 Å². The van der Waals surface area contributed by atoms with Crippen LogP contribution in [-0.4, -0.2) is 58.7 Å². The number of carbonyl (C=O) groups excluding carboxylic acids is 2. The van der Waals surface area contributed by atoms with E-state index in [0.29, 0.717) is 0 Å². The zero-order valence-corrected chi connectivity index (χ0v) is 12.3. The van der Waals surface area contributed by atoms with Gasteiger partial charge in [-0.3, -0.25) is 9.59 Å². The summed E-state index contributed by atoms with van der Waals surface area (Å²) in [6.07, 6.45) is 1.68. The Hall–Kier alpha value is -0.790. The van der Waals surface area contributed by atoms with Crippen molar-refractivity contribution in [3.8, 4) is 0 Å². The maximum atomic E-state index is 12.2. The Balaban J connectivity index is 2.60. The number of likely N-dealkylation sites (N-methyl/N-ethyl adjacent to an activating group) is 1. The highest BCUT2D eigenvalue weighted by Gasteiger charge is 2.39. The zero-order chi connectivity index (χ0) is 14.4. The van der Waals surface area contributed by atoms with Crippen molar-refractivity contribution in [2.45, 2.75) is 43.7 Å². The molecule has 0 radical (unpaired) electrons. The lowest BCUT2D eigenvalue weighted by Crippen LogP contribution is -2.50. The number of amides is 2. The molecule has 19 heavy (non-hydrogen) atoms. The maximum Gasteiger partial charge on any atom is 0.250 e. The summed E-state index contributed by atoms with van der Waals surface area (Å²) in [5, 5.41) is 11.5. The van der Waals surface area contributed by atoms with Gasteiger partial charge in [0.1, 0.15) is 11.4 Å². The fourth-order valence-electron chi connectivity index (χ4n) is 2.06. The number of carbonyl (C=O) groups is 2. The Morgan fingerprint density at radius 1 is 1.58 bits per heavy atom. The topological polar surface area (TPSA) is 95.7 Å². The van der Waals surface area contributed by atoms with Gasteiger partial charge in [0.15, 0.2) is 0 Å². The van der Waals surface area contributed by atoms with Crippen molar-refractivity contribution in [1.82, 2.24) is 10.2 Å². The number of nitrogens with one attached hydrogen (secondary N) is 1. The number of β-amino-alcohol motifs (C(OH)–C–C–N with tert-alkyl or cyclic N) is 1. The van der Waals surface area contributed by atoms with Gasteiger partial charge in [0, 0.05) is 20.0 Å². The van der Waals surface area contributed by atoms with E-state index in [-0.39, 0.29) is 24.8 Å². The molecule has 0 spiro atoms. The number of nitrogens with two attached hydrogens (primary N) is 1. The lowest BCUT2D eigenvalue weighted by molar-refractivity contribution is -0.137. The summed E-state index contributed by atoms with van der Waals surface area (Å²) in [5.74, 6) is 0.298. The van der Waals surface area contributed by atoms with Gasteiger partial charge in [0.05, 0.1) is 6.10 Å². The molecule has 0 saturated carbocycles. The number of rotatable bonds is 6. The van der Waals surface area contributed by atoms with E-state index in [1.807, 2.05) is 0 Å². The molecule has 6 nitrogen and oxygen atoms in total. The first kappa shape index (κ1) is 16.3. The van der Waals surface area contributed by atoms with Crippen LogP contribution in [0.3, 0.4) is 0 Å². The van der Waals surface area contributed by atoms with Crippen LogP contribution in [0.4, 0.5) is 0 Å². The van der Waals surface area contributed by atoms with Crippen molar-refractivity contribution in [3.05, 3.63) is 0 Å². The number of nitrogens with zero attached hydrogens (tertiary/aromatic N) is 1. The molecule has 1 aliphatic heterocycles. The highest BCUT2D eigenvalue weighted by Crippen LogP contribution is 2.21. The van der Waals surface area contributed by atoms with E-state index >= 15 is 0 Å². The Morgan fingerprint density at radius 2 is 2.26 bits per heavy atom. The van der Waals surface area contributed by atoms with E-state index in [1.54, 1.807) is 0 Å². The predicted octanol–water partition coefficient (Wildman–Crippen LogP) is -0.488. The molecule has 1 saturated heterocycles. The summed E-state index contributed by atoms with van der Waals surface area (Å²) in [4.78, 5) is 25.3. The van der Waals surface area contributed by atoms with Crippen LogP contribution >= 0.6 is 11.8 Å². The molecule has 1 heterocycles. The molecule has 1 fully saturated rings. The average Bonchev–Trinajstić information content (AvgIpc) is 2.79. The van der Waals surface area contributed by atoms with Crippen LogP contribution < -0.4 is 11.1 Å². The Bertz CT molecular complexity index is 327. The van der Waals surface area contributed by atoms with Crippen molar-refractivity contribution in [3.63, 3.8) is 0 Å². The van der Waals surface area contributed by atoms with Gasteiger partial charge in [0.2, 0.25) is 5.91 Å². The first-order valence-corrected chi connectivity index (χ1v) is 7.63. The number of hydrogen-bond donors (Lipinski definition) is 3. The summed E-state index contributed by atoms with van der Waals surface area (Å²) < 4.78 is 0. The quantitative estimate of drug-likeness (QED) is 0.453. The molecule has 3 unspecified atom stereocenters. The molecule has 1 aliphatic rings. The molecule has 0 aliphatic carbocycles. The summed E-state index contributed by atoms with van der Waals surface area (Å²) in [6, 6.07) is -0.606. The highest BCUT2D eigenvalue weighted by atomic mass is 32.2. The predicted molar refractivity (Wildman–Crippen MR) is 75.5 cm³/mol. The summed E-state index contributed by atoms with van der Waals surface area (Å²) in [5.41, 5.74) is 5.85. The van der Waals surface area contributed by atoms with Gasteiger partial charge in [-0.25, -0.2) is 0 Å². The van der Waals surface area contributed by atoms with Gasteiger partial charge in [-0.1, -0.05) is 13.3 Å². The SMILES string of the molecule is CCCCSC(N)C(=O)N1CC(O)CC1C(=O)NC. The molecule has 7 heteroatoms. The molecular weight excluding hydrogens is 266 g/mol. The molecule has 110 valence electrons. The third-order valence-electron chi connectivity index (χ3n) is 3.15. The Labute approximate surface area is 118 Å². The molecular formula is C12H23N3O3S. The Morgan fingerprint density at radius 3 is 2.84 bits per heavy atom. The summed E-state index contributed by atoms with van der Waals surface area (Å²) >= 11 is 1.39. The fraction of sp³-hybridized carbons (Fsp3) is 0.833. The molecule has 1 rings (SSSR count). The lowest BCUT2D eigenvalue weighted by atomic mass is 10.2. The van der Waals surface area contributed by atoms with E-state index in [4.69, 9.17) is 5.73 Å². The number of unbranched alkanes of at least 4 members (excludes halogenated alkanes) is 1. The second-order valence-electron chi connectivity index (χ2n) is 4.66. The van der Waals surface area contributed by atoms with Crippen LogP contribution in [0, 0.1) is 0 Å². The van der Waals surface area contributed by atoms with Crippen LogP contribution in [0.15, 0.2) is 0 Å². The van der Waals surface area contributed by atoms with Crippen molar-refractivity contribution in [2.24, 2.45) is 5.73 Å². The molecule has 0 bridgehead atoms. The van der Waals surface area contributed by atoms with Crippen LogP contribution in [0.5, 0.6) is 0 Å². The van der Waals surface area contributed by atoms with E-state index in [2.05, 4.69) is 12.2 Å². The third-order valence-corrected chi connectivity index (χ3v) is 4.23. The number of aliphatic hydroxyl groups is 1. The highest BCUT2D eigenvalue weighted by molar-refractivity contribution is 8.00. The number of likely N-dealkylation sites (tertiary alicyclic amines) is 1. The molecule has 3 atom stereocenters. The zero-order valence-electron chi connectivity index (χ0n) is 11.5. The minimum atomic E-state index is -0.663.